The quantitative estimate of drug-likeness (QED) is 0.904. The van der Waals surface area contributed by atoms with Gasteiger partial charge in [0.2, 0.25) is 0 Å². The average molecular weight is 282 g/mol. The topological polar surface area (TPSA) is 72.2 Å². The van der Waals surface area contributed by atoms with Gasteiger partial charge in [0.25, 0.3) is 10.0 Å². The molecule has 0 spiro atoms. The van der Waals surface area contributed by atoms with Crippen molar-refractivity contribution in [2.45, 2.75) is 17.2 Å². The van der Waals surface area contributed by atoms with Gasteiger partial charge in [-0.3, -0.25) is 0 Å². The molecule has 1 heterocycles. The van der Waals surface area contributed by atoms with Crippen LogP contribution in [0.3, 0.4) is 0 Å². The Kier molecular flexibility index (Phi) is 3.70. The van der Waals surface area contributed by atoms with E-state index in [0.29, 0.717) is 5.69 Å². The van der Waals surface area contributed by atoms with Crippen LogP contribution in [0.2, 0.25) is 0 Å². The van der Waals surface area contributed by atoms with Gasteiger partial charge in [-0.15, -0.1) is 11.3 Å². The van der Waals surface area contributed by atoms with E-state index in [1.54, 1.807) is 5.38 Å². The number of anilines is 1. The van der Waals surface area contributed by atoms with Crippen LogP contribution in [0.4, 0.5) is 5.69 Å². The highest BCUT2D eigenvalue weighted by molar-refractivity contribution is 7.91. The minimum Gasteiger partial charge on any atom is -0.398 e. The van der Waals surface area contributed by atoms with Crippen LogP contribution in [-0.2, 0) is 10.0 Å². The number of nitrogen functional groups attached to an aromatic ring is 1. The van der Waals surface area contributed by atoms with Gasteiger partial charge >= 0.3 is 0 Å². The van der Waals surface area contributed by atoms with Crippen LogP contribution in [0.1, 0.15) is 18.5 Å². The van der Waals surface area contributed by atoms with E-state index in [9.17, 15) is 8.42 Å². The number of nitrogens with two attached hydrogens (primary N) is 1. The summed E-state index contributed by atoms with van der Waals surface area (Å²) in [7, 11) is -3.50. The Morgan fingerprint density at radius 2 is 1.94 bits per heavy atom. The summed E-state index contributed by atoms with van der Waals surface area (Å²) in [5, 5.41) is 1.61. The second-order valence-corrected chi connectivity index (χ2v) is 6.80. The molecular formula is C12H14N2O2S2. The van der Waals surface area contributed by atoms with Crippen molar-refractivity contribution in [3.8, 4) is 0 Å². The molecule has 3 N–H and O–H groups in total. The van der Waals surface area contributed by atoms with Gasteiger partial charge in [-0.2, -0.15) is 0 Å². The lowest BCUT2D eigenvalue weighted by Gasteiger charge is -2.13. The maximum absolute atomic E-state index is 12.1. The van der Waals surface area contributed by atoms with Crippen LogP contribution >= 0.6 is 11.3 Å². The second kappa shape index (κ2) is 5.09. The zero-order valence-corrected chi connectivity index (χ0v) is 11.5. The Bertz CT molecular complexity index is 621. The van der Waals surface area contributed by atoms with E-state index in [1.807, 2.05) is 37.3 Å². The minimum atomic E-state index is -3.50. The van der Waals surface area contributed by atoms with E-state index in [0.717, 1.165) is 16.9 Å². The summed E-state index contributed by atoms with van der Waals surface area (Å²) in [6.45, 7) is 1.81. The molecule has 1 atom stereocenters. The molecule has 0 aliphatic carbocycles. The van der Waals surface area contributed by atoms with Crippen LogP contribution in [0.15, 0.2) is 46.0 Å². The first-order chi connectivity index (χ1) is 8.49. The standard InChI is InChI=1S/C12H14N2O2S2/c1-9(10-5-3-2-4-6-10)14-18(15,16)12-7-11(13)8-17-12/h2-9,14H,13H2,1H3/t9-/m0/s1. The Morgan fingerprint density at radius 3 is 2.50 bits per heavy atom. The third-order valence-corrected chi connectivity index (χ3v) is 5.49. The predicted molar refractivity (Wildman–Crippen MR) is 73.9 cm³/mol. The van der Waals surface area contributed by atoms with Gasteiger partial charge in [0.15, 0.2) is 0 Å². The molecule has 1 aromatic heterocycles. The number of rotatable bonds is 4. The van der Waals surface area contributed by atoms with E-state index < -0.39 is 10.0 Å². The van der Waals surface area contributed by atoms with Crippen molar-refractivity contribution in [3.05, 3.63) is 47.3 Å². The normalized spacial score (nSPS) is 13.4. The highest BCUT2D eigenvalue weighted by Crippen LogP contribution is 2.23. The highest BCUT2D eigenvalue weighted by Gasteiger charge is 2.19. The summed E-state index contributed by atoms with van der Waals surface area (Å²) in [5.74, 6) is 0. The lowest BCUT2D eigenvalue weighted by molar-refractivity contribution is 0.569. The number of hydrogen-bond acceptors (Lipinski definition) is 4. The van der Waals surface area contributed by atoms with Crippen molar-refractivity contribution < 1.29 is 8.42 Å². The van der Waals surface area contributed by atoms with Crippen LogP contribution in [0.5, 0.6) is 0 Å². The predicted octanol–water partition coefficient (Wildman–Crippen LogP) is 2.37. The summed E-state index contributed by atoms with van der Waals surface area (Å²) in [6, 6.07) is 10.6. The highest BCUT2D eigenvalue weighted by atomic mass is 32.2. The first-order valence-electron chi connectivity index (χ1n) is 5.40. The first-order valence-corrected chi connectivity index (χ1v) is 7.76. The minimum absolute atomic E-state index is 0.239. The summed E-state index contributed by atoms with van der Waals surface area (Å²) in [4.78, 5) is 0. The van der Waals surface area contributed by atoms with Gasteiger partial charge in [-0.25, -0.2) is 13.1 Å². The fourth-order valence-corrected chi connectivity index (χ4v) is 3.90. The van der Waals surface area contributed by atoms with Gasteiger partial charge in [0.05, 0.1) is 0 Å². The van der Waals surface area contributed by atoms with Crippen LogP contribution in [-0.4, -0.2) is 8.42 Å². The molecule has 0 saturated heterocycles. The third-order valence-electron chi connectivity index (χ3n) is 2.49. The third kappa shape index (κ3) is 2.90. The Morgan fingerprint density at radius 1 is 1.28 bits per heavy atom. The zero-order valence-electron chi connectivity index (χ0n) is 9.83. The lowest BCUT2D eigenvalue weighted by atomic mass is 10.1. The Hall–Kier alpha value is -1.37. The molecule has 0 saturated carbocycles. The number of nitrogens with one attached hydrogen (secondary N) is 1. The van der Waals surface area contributed by atoms with Crippen LogP contribution in [0.25, 0.3) is 0 Å². The molecule has 2 rings (SSSR count). The fraction of sp³-hybridized carbons (Fsp3) is 0.167. The Balaban J connectivity index is 2.19. The molecule has 0 bridgehead atoms. The van der Waals surface area contributed by atoms with E-state index in [-0.39, 0.29) is 10.3 Å². The first kappa shape index (κ1) is 13.1. The monoisotopic (exact) mass is 282 g/mol. The van der Waals surface area contributed by atoms with Crippen molar-refractivity contribution in [2.24, 2.45) is 0 Å². The van der Waals surface area contributed by atoms with Crippen molar-refractivity contribution >= 4 is 27.0 Å². The van der Waals surface area contributed by atoms with Crippen molar-refractivity contribution in [1.29, 1.82) is 0 Å². The summed E-state index contributed by atoms with van der Waals surface area (Å²) in [5.41, 5.74) is 6.92. The zero-order chi connectivity index (χ0) is 13.2. The maximum atomic E-state index is 12.1. The molecule has 0 unspecified atom stereocenters. The molecule has 4 nitrogen and oxygen atoms in total. The largest absolute Gasteiger partial charge is 0.398 e. The fourth-order valence-electron chi connectivity index (χ4n) is 1.57. The van der Waals surface area contributed by atoms with E-state index in [1.165, 1.54) is 6.07 Å². The van der Waals surface area contributed by atoms with Gasteiger partial charge in [0.1, 0.15) is 4.21 Å². The van der Waals surface area contributed by atoms with Crippen molar-refractivity contribution in [2.75, 3.05) is 5.73 Å². The van der Waals surface area contributed by atoms with Gasteiger partial charge in [0, 0.05) is 17.1 Å². The average Bonchev–Trinajstić information content (AvgIpc) is 2.77. The van der Waals surface area contributed by atoms with E-state index in [4.69, 9.17) is 5.73 Å². The van der Waals surface area contributed by atoms with E-state index in [2.05, 4.69) is 4.72 Å². The molecule has 1 aromatic carbocycles. The molecule has 96 valence electrons. The second-order valence-electron chi connectivity index (χ2n) is 3.95. The summed E-state index contributed by atoms with van der Waals surface area (Å²) in [6.07, 6.45) is 0. The molecule has 0 radical (unpaired) electrons. The molecule has 18 heavy (non-hydrogen) atoms. The van der Waals surface area contributed by atoms with E-state index >= 15 is 0 Å². The van der Waals surface area contributed by atoms with Crippen LogP contribution < -0.4 is 10.5 Å². The summed E-state index contributed by atoms with van der Waals surface area (Å²) >= 11 is 1.12. The molecule has 0 aliphatic heterocycles. The van der Waals surface area contributed by atoms with Gasteiger partial charge in [-0.05, 0) is 18.6 Å². The number of benzene rings is 1. The number of sulfonamides is 1. The molecule has 0 fully saturated rings. The Labute approximate surface area is 111 Å². The van der Waals surface area contributed by atoms with Crippen molar-refractivity contribution in [1.82, 2.24) is 4.72 Å². The van der Waals surface area contributed by atoms with Crippen LogP contribution in [0, 0.1) is 0 Å². The number of hydrogen-bond donors (Lipinski definition) is 2. The molecule has 0 aliphatic rings. The maximum Gasteiger partial charge on any atom is 0.250 e. The SMILES string of the molecule is C[C@H](NS(=O)(=O)c1cc(N)cs1)c1ccccc1. The summed E-state index contributed by atoms with van der Waals surface area (Å²) < 4.78 is 27.0. The smallest absolute Gasteiger partial charge is 0.250 e. The van der Waals surface area contributed by atoms with Crippen molar-refractivity contribution in [3.63, 3.8) is 0 Å². The molecule has 6 heteroatoms. The molecule has 2 aromatic rings. The van der Waals surface area contributed by atoms with Gasteiger partial charge < -0.3 is 5.73 Å². The molecule has 0 amide bonds. The number of thiophene rings is 1. The lowest BCUT2D eigenvalue weighted by Crippen LogP contribution is -2.26. The molecular weight excluding hydrogens is 268 g/mol. The van der Waals surface area contributed by atoms with Gasteiger partial charge in [-0.1, -0.05) is 30.3 Å².